The number of rotatable bonds is 3. The molecule has 0 aliphatic heterocycles. The van der Waals surface area contributed by atoms with E-state index in [1.165, 1.54) is 0 Å². The molecule has 0 bridgehead atoms. The van der Waals surface area contributed by atoms with Gasteiger partial charge < -0.3 is 20.4 Å². The van der Waals surface area contributed by atoms with Crippen molar-refractivity contribution in [1.82, 2.24) is 0 Å². The van der Waals surface area contributed by atoms with E-state index in [2.05, 4.69) is 0 Å². The van der Waals surface area contributed by atoms with Gasteiger partial charge in [-0.25, -0.2) is 0 Å². The second kappa shape index (κ2) is 4.33. The molecule has 0 unspecified atom stereocenters. The third-order valence-corrected chi connectivity index (χ3v) is 1.34. The molecule has 66 valence electrons. The number of hydrogen-bond donors (Lipinski definition) is 4. The fraction of sp³-hybridized carbons (Fsp3) is 0.714. The van der Waals surface area contributed by atoms with E-state index >= 15 is 0 Å². The molecule has 11 heavy (non-hydrogen) atoms. The zero-order valence-corrected chi connectivity index (χ0v) is 6.65. The summed E-state index contributed by atoms with van der Waals surface area (Å²) in [6.07, 6.45) is -2.70. The molecule has 0 aromatic rings. The minimum atomic E-state index is -1.38. The molecule has 0 aromatic heterocycles. The summed E-state index contributed by atoms with van der Waals surface area (Å²) in [6, 6.07) is 0. The molecule has 0 saturated heterocycles. The normalized spacial score (nSPS) is 15.7. The predicted molar refractivity (Wildman–Crippen MR) is 40.1 cm³/mol. The molecule has 0 amide bonds. The van der Waals surface area contributed by atoms with Crippen LogP contribution in [0.4, 0.5) is 0 Å². The maximum Gasteiger partial charge on any atom is 0.139 e. The van der Waals surface area contributed by atoms with E-state index in [9.17, 15) is 0 Å². The molecule has 0 aliphatic rings. The molecule has 4 N–H and O–H groups in total. The minimum Gasteiger partial charge on any atom is -0.510 e. The van der Waals surface area contributed by atoms with Crippen LogP contribution in [0.15, 0.2) is 11.3 Å². The first-order valence-corrected chi connectivity index (χ1v) is 3.34. The highest BCUT2D eigenvalue weighted by Gasteiger charge is 2.19. The van der Waals surface area contributed by atoms with Crippen molar-refractivity contribution in [1.29, 1.82) is 0 Å². The molecule has 0 fully saturated rings. The van der Waals surface area contributed by atoms with Crippen molar-refractivity contribution < 1.29 is 20.4 Å². The first-order valence-electron chi connectivity index (χ1n) is 3.34. The maximum absolute atomic E-state index is 9.06. The summed E-state index contributed by atoms with van der Waals surface area (Å²) in [6.45, 7) is 2.63. The average Bonchev–Trinajstić information content (AvgIpc) is 2.00. The van der Waals surface area contributed by atoms with Crippen LogP contribution in [0.5, 0.6) is 0 Å². The quantitative estimate of drug-likeness (QED) is 0.424. The number of allylic oxidation sites excluding steroid dienone is 1. The molecule has 2 atom stereocenters. The van der Waals surface area contributed by atoms with Crippen molar-refractivity contribution in [3.8, 4) is 0 Å². The summed E-state index contributed by atoms with van der Waals surface area (Å²) in [5.74, 6) is -0.286. The maximum atomic E-state index is 9.06. The molecule has 4 nitrogen and oxygen atoms in total. The van der Waals surface area contributed by atoms with Crippen molar-refractivity contribution >= 4 is 0 Å². The van der Waals surface area contributed by atoms with Gasteiger partial charge >= 0.3 is 0 Å². The number of aliphatic hydroxyl groups excluding tert-OH is 4. The van der Waals surface area contributed by atoms with Crippen LogP contribution >= 0.6 is 0 Å². The average molecular weight is 162 g/mol. The van der Waals surface area contributed by atoms with E-state index in [0.29, 0.717) is 5.57 Å². The summed E-state index contributed by atoms with van der Waals surface area (Å²) in [5, 5.41) is 35.3. The molecular formula is C7H14O4. The Morgan fingerprint density at radius 1 is 1.27 bits per heavy atom. The first-order chi connectivity index (χ1) is 5.00. The topological polar surface area (TPSA) is 80.9 Å². The summed E-state index contributed by atoms with van der Waals surface area (Å²) >= 11 is 0. The van der Waals surface area contributed by atoms with Gasteiger partial charge in [0.05, 0.1) is 6.61 Å². The zero-order chi connectivity index (χ0) is 9.02. The summed E-state index contributed by atoms with van der Waals surface area (Å²) in [7, 11) is 0. The highest BCUT2D eigenvalue weighted by Crippen LogP contribution is 2.08. The van der Waals surface area contributed by atoms with Crippen LogP contribution in [0.3, 0.4) is 0 Å². The van der Waals surface area contributed by atoms with E-state index in [-0.39, 0.29) is 5.76 Å². The molecule has 0 rings (SSSR count). The van der Waals surface area contributed by atoms with Crippen LogP contribution < -0.4 is 0 Å². The van der Waals surface area contributed by atoms with Crippen LogP contribution in [0.1, 0.15) is 13.8 Å². The zero-order valence-electron chi connectivity index (χ0n) is 6.65. The Morgan fingerprint density at radius 2 is 1.73 bits per heavy atom. The highest BCUT2D eigenvalue weighted by atomic mass is 16.4. The van der Waals surface area contributed by atoms with Crippen LogP contribution in [-0.2, 0) is 0 Å². The molecule has 0 saturated carbocycles. The van der Waals surface area contributed by atoms with Gasteiger partial charge in [0.15, 0.2) is 0 Å². The number of hydrogen-bond acceptors (Lipinski definition) is 4. The lowest BCUT2D eigenvalue weighted by atomic mass is 10.1. The molecule has 0 aliphatic carbocycles. The Hall–Kier alpha value is -0.580. The second-order valence-electron chi connectivity index (χ2n) is 2.58. The minimum absolute atomic E-state index is 0.286. The van der Waals surface area contributed by atoms with Crippen LogP contribution in [0, 0.1) is 0 Å². The third kappa shape index (κ3) is 2.88. The Balaban J connectivity index is 4.24. The predicted octanol–water partition coefficient (Wildman–Crippen LogP) is -0.448. The van der Waals surface area contributed by atoms with E-state index in [0.717, 1.165) is 0 Å². The van der Waals surface area contributed by atoms with Crippen LogP contribution in [-0.4, -0.2) is 39.2 Å². The fourth-order valence-corrected chi connectivity index (χ4v) is 0.578. The van der Waals surface area contributed by atoms with Gasteiger partial charge in [0.1, 0.15) is 18.0 Å². The second-order valence-corrected chi connectivity index (χ2v) is 2.58. The van der Waals surface area contributed by atoms with Gasteiger partial charge in [0, 0.05) is 0 Å². The van der Waals surface area contributed by atoms with Crippen molar-refractivity contribution in [2.24, 2.45) is 0 Å². The lowest BCUT2D eigenvalue weighted by Gasteiger charge is -2.15. The van der Waals surface area contributed by atoms with Gasteiger partial charge in [-0.3, -0.25) is 0 Å². The monoisotopic (exact) mass is 162 g/mol. The SMILES string of the molecule is CC(C)=C(O)[C@H](O)[C@H](O)CO. The lowest BCUT2D eigenvalue weighted by molar-refractivity contribution is -0.0141. The van der Waals surface area contributed by atoms with E-state index in [4.69, 9.17) is 20.4 Å². The Labute approximate surface area is 65.4 Å². The van der Waals surface area contributed by atoms with Crippen molar-refractivity contribution in [2.45, 2.75) is 26.1 Å². The Morgan fingerprint density at radius 3 is 2.00 bits per heavy atom. The summed E-state index contributed by atoms with van der Waals surface area (Å²) in [5.41, 5.74) is 0.519. The molecule has 0 spiro atoms. The van der Waals surface area contributed by atoms with Crippen LogP contribution in [0.2, 0.25) is 0 Å². The van der Waals surface area contributed by atoms with E-state index < -0.39 is 18.8 Å². The van der Waals surface area contributed by atoms with E-state index in [1.807, 2.05) is 0 Å². The van der Waals surface area contributed by atoms with Gasteiger partial charge in [-0.05, 0) is 19.4 Å². The van der Waals surface area contributed by atoms with Gasteiger partial charge in [-0.15, -0.1) is 0 Å². The Bertz CT molecular complexity index is 149. The lowest BCUT2D eigenvalue weighted by Crippen LogP contribution is -2.31. The molecule has 0 aromatic carbocycles. The third-order valence-electron chi connectivity index (χ3n) is 1.34. The van der Waals surface area contributed by atoms with Gasteiger partial charge in [0.2, 0.25) is 0 Å². The number of aliphatic hydroxyl groups is 4. The smallest absolute Gasteiger partial charge is 0.139 e. The fourth-order valence-electron chi connectivity index (χ4n) is 0.578. The highest BCUT2D eigenvalue weighted by molar-refractivity contribution is 5.07. The van der Waals surface area contributed by atoms with Crippen molar-refractivity contribution in [2.75, 3.05) is 6.61 Å². The van der Waals surface area contributed by atoms with Gasteiger partial charge in [-0.2, -0.15) is 0 Å². The van der Waals surface area contributed by atoms with Crippen molar-refractivity contribution in [3.63, 3.8) is 0 Å². The molecule has 0 heterocycles. The van der Waals surface area contributed by atoms with Gasteiger partial charge in [-0.1, -0.05) is 0 Å². The van der Waals surface area contributed by atoms with Crippen molar-refractivity contribution in [3.05, 3.63) is 11.3 Å². The first kappa shape index (κ1) is 10.4. The molecule has 4 heteroatoms. The summed E-state index contributed by atoms with van der Waals surface area (Å²) < 4.78 is 0. The van der Waals surface area contributed by atoms with E-state index in [1.54, 1.807) is 13.8 Å². The van der Waals surface area contributed by atoms with Crippen LogP contribution in [0.25, 0.3) is 0 Å². The molecular weight excluding hydrogens is 148 g/mol. The van der Waals surface area contributed by atoms with Gasteiger partial charge in [0.25, 0.3) is 0 Å². The molecule has 0 radical (unpaired) electrons. The summed E-state index contributed by atoms with van der Waals surface area (Å²) in [4.78, 5) is 0. The largest absolute Gasteiger partial charge is 0.510 e. The Kier molecular flexibility index (Phi) is 4.10. The standard InChI is InChI=1S/C7H14O4/c1-4(2)6(10)7(11)5(9)3-8/h5,7-11H,3H2,1-2H3/t5-,7-/m1/s1.